The van der Waals surface area contributed by atoms with E-state index in [4.69, 9.17) is 0 Å². The van der Waals surface area contributed by atoms with Gasteiger partial charge in [0.05, 0.1) is 0 Å². The number of carbonyl (C=O) groups excluding carboxylic acids is 1. The molecule has 0 atom stereocenters. The number of amides is 1. The van der Waals surface area contributed by atoms with Gasteiger partial charge in [-0.2, -0.15) is 0 Å². The standard InChI is InChI=1S/C20H26N4O/c25-20(8-10-22-16-19-7-4-9-21-15-19)24-13-11-23(12-14-24)17-18-5-2-1-3-6-18/h1-7,9,15,22H,8,10-14,16-17H2. The van der Waals surface area contributed by atoms with E-state index in [9.17, 15) is 4.79 Å². The number of piperazine rings is 1. The molecular weight excluding hydrogens is 312 g/mol. The number of aromatic nitrogens is 1. The summed E-state index contributed by atoms with van der Waals surface area (Å²) in [7, 11) is 0. The minimum Gasteiger partial charge on any atom is -0.340 e. The topological polar surface area (TPSA) is 48.5 Å². The van der Waals surface area contributed by atoms with E-state index < -0.39 is 0 Å². The van der Waals surface area contributed by atoms with E-state index in [2.05, 4.69) is 39.5 Å². The van der Waals surface area contributed by atoms with E-state index in [1.54, 1.807) is 6.20 Å². The van der Waals surface area contributed by atoms with Gasteiger partial charge in [-0.15, -0.1) is 0 Å². The first kappa shape index (κ1) is 17.6. The van der Waals surface area contributed by atoms with Gasteiger partial charge in [-0.05, 0) is 17.2 Å². The number of hydrogen-bond acceptors (Lipinski definition) is 4. The minimum absolute atomic E-state index is 0.248. The fourth-order valence-corrected chi connectivity index (χ4v) is 3.09. The minimum atomic E-state index is 0.248. The Morgan fingerprint density at radius 3 is 2.48 bits per heavy atom. The molecule has 3 rings (SSSR count). The predicted molar refractivity (Wildman–Crippen MR) is 98.9 cm³/mol. The summed E-state index contributed by atoms with van der Waals surface area (Å²) in [6, 6.07) is 14.5. The summed E-state index contributed by atoms with van der Waals surface area (Å²) in [6.45, 7) is 5.98. The van der Waals surface area contributed by atoms with Crippen molar-refractivity contribution in [3.05, 3.63) is 66.0 Å². The molecule has 5 nitrogen and oxygen atoms in total. The largest absolute Gasteiger partial charge is 0.340 e. The predicted octanol–water partition coefficient (Wildman–Crippen LogP) is 1.91. The van der Waals surface area contributed by atoms with Crippen LogP contribution >= 0.6 is 0 Å². The molecule has 1 N–H and O–H groups in total. The quantitative estimate of drug-likeness (QED) is 0.784. The van der Waals surface area contributed by atoms with Gasteiger partial charge in [0.15, 0.2) is 0 Å². The number of nitrogens with zero attached hydrogens (tertiary/aromatic N) is 3. The fourth-order valence-electron chi connectivity index (χ4n) is 3.09. The molecule has 0 saturated carbocycles. The summed E-state index contributed by atoms with van der Waals surface area (Å²) >= 11 is 0. The zero-order valence-electron chi connectivity index (χ0n) is 14.6. The molecule has 2 aromatic rings. The number of pyridine rings is 1. The van der Waals surface area contributed by atoms with Crippen molar-refractivity contribution in [1.29, 1.82) is 0 Å². The first-order valence-corrected chi connectivity index (χ1v) is 8.95. The molecule has 1 aliphatic rings. The smallest absolute Gasteiger partial charge is 0.223 e. The van der Waals surface area contributed by atoms with E-state index in [0.717, 1.165) is 44.8 Å². The highest BCUT2D eigenvalue weighted by Crippen LogP contribution is 2.09. The van der Waals surface area contributed by atoms with Crippen LogP contribution in [0.4, 0.5) is 0 Å². The molecule has 0 unspecified atom stereocenters. The maximum atomic E-state index is 12.3. The van der Waals surface area contributed by atoms with Crippen LogP contribution < -0.4 is 5.32 Å². The van der Waals surface area contributed by atoms with Crippen LogP contribution in [0.2, 0.25) is 0 Å². The third-order valence-electron chi connectivity index (χ3n) is 4.54. The highest BCUT2D eigenvalue weighted by atomic mass is 16.2. The molecule has 5 heteroatoms. The molecule has 0 spiro atoms. The van der Waals surface area contributed by atoms with Gasteiger partial charge in [-0.3, -0.25) is 14.7 Å². The van der Waals surface area contributed by atoms with E-state index in [-0.39, 0.29) is 5.91 Å². The highest BCUT2D eigenvalue weighted by Gasteiger charge is 2.20. The molecular formula is C20H26N4O. The lowest BCUT2D eigenvalue weighted by Gasteiger charge is -2.34. The lowest BCUT2D eigenvalue weighted by atomic mass is 10.2. The number of nitrogens with one attached hydrogen (secondary N) is 1. The number of benzene rings is 1. The molecule has 25 heavy (non-hydrogen) atoms. The van der Waals surface area contributed by atoms with Crippen molar-refractivity contribution in [2.45, 2.75) is 19.5 Å². The lowest BCUT2D eigenvalue weighted by Crippen LogP contribution is -2.48. The molecule has 1 aliphatic heterocycles. The second-order valence-corrected chi connectivity index (χ2v) is 6.43. The van der Waals surface area contributed by atoms with Crippen molar-refractivity contribution in [3.8, 4) is 0 Å². The van der Waals surface area contributed by atoms with Gasteiger partial charge in [0.2, 0.25) is 5.91 Å². The van der Waals surface area contributed by atoms with E-state index in [1.807, 2.05) is 29.3 Å². The Morgan fingerprint density at radius 1 is 1.00 bits per heavy atom. The lowest BCUT2D eigenvalue weighted by molar-refractivity contribution is -0.132. The molecule has 1 aromatic carbocycles. The van der Waals surface area contributed by atoms with Crippen molar-refractivity contribution in [2.24, 2.45) is 0 Å². The number of carbonyl (C=O) groups is 1. The van der Waals surface area contributed by atoms with Crippen LogP contribution in [0.5, 0.6) is 0 Å². The summed E-state index contributed by atoms with van der Waals surface area (Å²) in [5, 5.41) is 3.32. The fraction of sp³-hybridized carbons (Fsp3) is 0.400. The Hall–Kier alpha value is -2.24. The first-order valence-electron chi connectivity index (χ1n) is 8.95. The van der Waals surface area contributed by atoms with Gasteiger partial charge >= 0.3 is 0 Å². The normalized spacial score (nSPS) is 15.3. The van der Waals surface area contributed by atoms with Crippen molar-refractivity contribution in [3.63, 3.8) is 0 Å². The maximum absolute atomic E-state index is 12.3. The Morgan fingerprint density at radius 2 is 1.76 bits per heavy atom. The van der Waals surface area contributed by atoms with Crippen LogP contribution in [0, 0.1) is 0 Å². The zero-order valence-corrected chi connectivity index (χ0v) is 14.6. The van der Waals surface area contributed by atoms with Crippen LogP contribution in [0.3, 0.4) is 0 Å². The number of rotatable bonds is 7. The molecule has 0 aliphatic carbocycles. The van der Waals surface area contributed by atoms with Gasteiger partial charge in [0, 0.05) is 64.6 Å². The number of hydrogen-bond donors (Lipinski definition) is 1. The van der Waals surface area contributed by atoms with Crippen LogP contribution in [-0.4, -0.2) is 53.4 Å². The summed E-state index contributed by atoms with van der Waals surface area (Å²) in [5.41, 5.74) is 2.48. The molecule has 1 saturated heterocycles. The average Bonchev–Trinajstić information content (AvgIpc) is 2.67. The molecule has 0 bridgehead atoms. The Kier molecular flexibility index (Phi) is 6.54. The molecule has 1 aromatic heterocycles. The van der Waals surface area contributed by atoms with Crippen LogP contribution in [0.25, 0.3) is 0 Å². The van der Waals surface area contributed by atoms with Crippen molar-refractivity contribution < 1.29 is 4.79 Å². The van der Waals surface area contributed by atoms with E-state index in [0.29, 0.717) is 13.0 Å². The second-order valence-electron chi connectivity index (χ2n) is 6.43. The Bertz CT molecular complexity index is 639. The molecule has 2 heterocycles. The van der Waals surface area contributed by atoms with Crippen LogP contribution in [-0.2, 0) is 17.9 Å². The summed E-state index contributed by atoms with van der Waals surface area (Å²) in [6.07, 6.45) is 4.17. The van der Waals surface area contributed by atoms with E-state index >= 15 is 0 Å². The second kappa shape index (κ2) is 9.30. The van der Waals surface area contributed by atoms with Gasteiger partial charge < -0.3 is 10.2 Å². The highest BCUT2D eigenvalue weighted by molar-refractivity contribution is 5.76. The average molecular weight is 338 g/mol. The van der Waals surface area contributed by atoms with E-state index in [1.165, 1.54) is 5.56 Å². The van der Waals surface area contributed by atoms with Gasteiger partial charge in [0.1, 0.15) is 0 Å². The SMILES string of the molecule is O=C(CCNCc1cccnc1)N1CCN(Cc2ccccc2)CC1. The van der Waals surface area contributed by atoms with Gasteiger partial charge in [-0.25, -0.2) is 0 Å². The summed E-state index contributed by atoms with van der Waals surface area (Å²) in [5.74, 6) is 0.248. The third-order valence-corrected chi connectivity index (χ3v) is 4.54. The van der Waals surface area contributed by atoms with Crippen molar-refractivity contribution in [2.75, 3.05) is 32.7 Å². The van der Waals surface area contributed by atoms with Crippen LogP contribution in [0.1, 0.15) is 17.5 Å². The van der Waals surface area contributed by atoms with Crippen molar-refractivity contribution >= 4 is 5.91 Å². The third kappa shape index (κ3) is 5.66. The van der Waals surface area contributed by atoms with Gasteiger partial charge in [0.25, 0.3) is 0 Å². The van der Waals surface area contributed by atoms with Crippen molar-refractivity contribution in [1.82, 2.24) is 20.1 Å². The Balaban J connectivity index is 1.33. The molecule has 0 radical (unpaired) electrons. The molecule has 132 valence electrons. The monoisotopic (exact) mass is 338 g/mol. The molecule has 1 amide bonds. The summed E-state index contributed by atoms with van der Waals surface area (Å²) < 4.78 is 0. The van der Waals surface area contributed by atoms with Crippen LogP contribution in [0.15, 0.2) is 54.9 Å². The first-order chi connectivity index (χ1) is 12.3. The maximum Gasteiger partial charge on any atom is 0.223 e. The Labute approximate surface area is 149 Å². The summed E-state index contributed by atoms with van der Waals surface area (Å²) in [4.78, 5) is 20.8. The molecule has 1 fully saturated rings. The zero-order chi connectivity index (χ0) is 17.3. The van der Waals surface area contributed by atoms with Gasteiger partial charge in [-0.1, -0.05) is 36.4 Å².